The van der Waals surface area contributed by atoms with Gasteiger partial charge in [0, 0.05) is 0 Å². The van der Waals surface area contributed by atoms with Gasteiger partial charge in [-0.15, -0.1) is 0 Å². The van der Waals surface area contributed by atoms with Gasteiger partial charge in [0.25, 0.3) is 1.43 Å². The van der Waals surface area contributed by atoms with E-state index in [1.54, 1.807) is 13.8 Å². The van der Waals surface area contributed by atoms with Gasteiger partial charge in [-0.05, 0) is 20.3 Å². The maximum absolute atomic E-state index is 12.1. The van der Waals surface area contributed by atoms with Crippen LogP contribution in [0.2, 0.25) is 0 Å². The molecule has 0 heterocycles. The highest BCUT2D eigenvalue weighted by Crippen LogP contribution is 2.15. The Morgan fingerprint density at radius 2 is 2.00 bits per heavy atom. The van der Waals surface area contributed by atoms with Crippen LogP contribution in [0.25, 0.3) is 1.43 Å². The third kappa shape index (κ3) is 4.08. The van der Waals surface area contributed by atoms with Crippen LogP contribution in [0.1, 0.15) is 33.6 Å². The maximum atomic E-state index is 12.1. The highest BCUT2D eigenvalue weighted by Gasteiger charge is 2.44. The summed E-state index contributed by atoms with van der Waals surface area (Å²) >= 11 is 0. The molecule has 0 aromatic rings. The van der Waals surface area contributed by atoms with Gasteiger partial charge >= 0.3 is 11.9 Å². The van der Waals surface area contributed by atoms with Crippen molar-refractivity contribution in [3.8, 4) is 0 Å². The first-order valence-electron chi connectivity index (χ1n) is 6.05. The molecule has 5 N–H and O–H groups in total. The molecule has 7 heteroatoms. The van der Waals surface area contributed by atoms with Crippen molar-refractivity contribution in [3.05, 3.63) is 0 Å². The van der Waals surface area contributed by atoms with E-state index < -0.39 is 41.8 Å². The Labute approximate surface area is 107 Å². The smallest absolute Gasteiger partial charge is 0.334 e. The summed E-state index contributed by atoms with van der Waals surface area (Å²) < 4.78 is 11.3. The predicted octanol–water partition coefficient (Wildman–Crippen LogP) is -0.583. The zero-order valence-electron chi connectivity index (χ0n) is 11.8. The van der Waals surface area contributed by atoms with Gasteiger partial charge in [-0.25, -0.2) is 4.79 Å². The summed E-state index contributed by atoms with van der Waals surface area (Å²) in [6.45, 7) is 4.78. The molecule has 0 aromatic carbocycles. The van der Waals surface area contributed by atoms with Crippen molar-refractivity contribution in [2.24, 2.45) is 11.5 Å². The molecular formula is C11H20N2O5. The van der Waals surface area contributed by atoms with E-state index in [0.717, 1.165) is 0 Å². The standard InChI is InChI=1S/C11H20N2O5/c1-4-11(13,10(17)18-6(2)3)9(16)7(12)5-8(14)15/h6-7H,4-5,12-13H2,1-3H3,(H,14,15)/t7-,11?/m0/s1/i/hD. The number of carboxylic acids is 1. The zero-order valence-corrected chi connectivity index (χ0v) is 10.8. The molecule has 18 heavy (non-hydrogen) atoms. The Morgan fingerprint density at radius 1 is 1.44 bits per heavy atom. The van der Waals surface area contributed by atoms with Crippen molar-refractivity contribution < 1.29 is 24.2 Å². The van der Waals surface area contributed by atoms with Crippen molar-refractivity contribution in [2.75, 3.05) is 0 Å². The molecule has 0 aliphatic carbocycles. The lowest BCUT2D eigenvalue weighted by atomic mass is 9.87. The molecule has 2 atom stereocenters. The maximum Gasteiger partial charge on any atom is 0.334 e. The SMILES string of the molecule is [2H]OC(=O)C[C@H](N)C(=O)C(N)(CC)C(=O)OC(C)C. The van der Waals surface area contributed by atoms with Gasteiger partial charge in [-0.1, -0.05) is 6.92 Å². The van der Waals surface area contributed by atoms with Crippen molar-refractivity contribution in [1.82, 2.24) is 0 Å². The minimum absolute atomic E-state index is 0.0129. The van der Waals surface area contributed by atoms with E-state index in [-0.39, 0.29) is 6.42 Å². The van der Waals surface area contributed by atoms with Crippen LogP contribution < -0.4 is 11.5 Å². The fourth-order valence-electron chi connectivity index (χ4n) is 1.34. The van der Waals surface area contributed by atoms with Crippen LogP contribution in [0.4, 0.5) is 0 Å². The molecule has 0 spiro atoms. The number of carbonyl (C=O) groups excluding carboxylic acids is 2. The molecule has 0 aliphatic rings. The molecule has 0 aliphatic heterocycles. The van der Waals surface area contributed by atoms with Crippen molar-refractivity contribution in [1.29, 1.82) is 1.43 Å². The molecule has 0 saturated carbocycles. The van der Waals surface area contributed by atoms with E-state index in [1.807, 2.05) is 0 Å². The summed E-state index contributed by atoms with van der Waals surface area (Å²) in [4.78, 5) is 34.8. The number of hydrogen-bond acceptors (Lipinski definition) is 7. The summed E-state index contributed by atoms with van der Waals surface area (Å²) in [5, 5.41) is 3.66. The number of ether oxygens (including phenoxy) is 1. The normalized spacial score (nSPS) is 16.4. The van der Waals surface area contributed by atoms with Gasteiger partial charge in [0.15, 0.2) is 11.3 Å². The Hall–Kier alpha value is -1.47. The Morgan fingerprint density at radius 3 is 2.39 bits per heavy atom. The zero-order chi connectivity index (χ0) is 15.2. The highest BCUT2D eigenvalue weighted by molar-refractivity contribution is 6.11. The van der Waals surface area contributed by atoms with Gasteiger partial charge in [0.1, 0.15) is 0 Å². The summed E-state index contributed by atoms with van der Waals surface area (Å²) in [6.07, 6.45) is -0.957. The molecule has 104 valence electrons. The molecule has 0 saturated heterocycles. The first kappa shape index (κ1) is 14.6. The van der Waals surface area contributed by atoms with E-state index >= 15 is 0 Å². The number of ketones is 1. The summed E-state index contributed by atoms with van der Waals surface area (Å²) in [5.41, 5.74) is 9.35. The first-order chi connectivity index (χ1) is 8.68. The second kappa shape index (κ2) is 6.46. The fourth-order valence-corrected chi connectivity index (χ4v) is 1.34. The lowest BCUT2D eigenvalue weighted by Crippen LogP contribution is -2.61. The van der Waals surface area contributed by atoms with Crippen LogP contribution in [0.5, 0.6) is 0 Å². The van der Waals surface area contributed by atoms with Gasteiger partial charge in [-0.3, -0.25) is 9.59 Å². The Bertz CT molecular complexity index is 361. The number of Topliss-reactive ketones (excluding diaryl/α,β-unsaturated/α-hetero) is 1. The van der Waals surface area contributed by atoms with Crippen molar-refractivity contribution in [2.45, 2.75) is 51.3 Å². The molecule has 1 unspecified atom stereocenters. The molecular weight excluding hydrogens is 240 g/mol. The number of carboxylic acid groups (broad SMARTS) is 1. The van der Waals surface area contributed by atoms with Gasteiger partial charge in [-0.2, -0.15) is 0 Å². The number of esters is 1. The van der Waals surface area contributed by atoms with E-state index in [4.69, 9.17) is 17.6 Å². The molecule has 0 aromatic heterocycles. The number of aliphatic carboxylic acids is 1. The summed E-state index contributed by atoms with van der Waals surface area (Å²) in [5.74, 6) is -2.67. The van der Waals surface area contributed by atoms with Crippen LogP contribution >= 0.6 is 0 Å². The van der Waals surface area contributed by atoms with Gasteiger partial charge < -0.3 is 21.3 Å². The largest absolute Gasteiger partial charge is 0.481 e. The lowest BCUT2D eigenvalue weighted by Gasteiger charge is -2.27. The molecule has 0 fully saturated rings. The second-order valence-electron chi connectivity index (χ2n) is 4.33. The molecule has 7 nitrogen and oxygen atoms in total. The number of carbonyl (C=O) groups is 3. The Kier molecular flexibility index (Phi) is 5.24. The first-order valence-corrected chi connectivity index (χ1v) is 5.64. The highest BCUT2D eigenvalue weighted by atomic mass is 16.5. The van der Waals surface area contributed by atoms with E-state index in [2.05, 4.69) is 5.11 Å². The number of hydrogen-bond donors (Lipinski definition) is 3. The predicted molar refractivity (Wildman–Crippen MR) is 63.7 cm³/mol. The number of rotatable bonds is 7. The minimum atomic E-state index is -1.90. The average Bonchev–Trinajstić information content (AvgIpc) is 2.35. The van der Waals surface area contributed by atoms with E-state index in [9.17, 15) is 14.4 Å². The van der Waals surface area contributed by atoms with Crippen LogP contribution in [-0.4, -0.2) is 40.5 Å². The lowest BCUT2D eigenvalue weighted by molar-refractivity contribution is -0.158. The van der Waals surface area contributed by atoms with Crippen molar-refractivity contribution >= 4 is 17.7 Å². The minimum Gasteiger partial charge on any atom is -0.481 e. The topological polar surface area (TPSA) is 133 Å². The van der Waals surface area contributed by atoms with Crippen LogP contribution in [-0.2, 0) is 19.1 Å². The van der Waals surface area contributed by atoms with Gasteiger partial charge in [0.2, 0.25) is 0 Å². The summed E-state index contributed by atoms with van der Waals surface area (Å²) in [7, 11) is 0. The molecule has 0 radical (unpaired) electrons. The molecule has 0 bridgehead atoms. The summed E-state index contributed by atoms with van der Waals surface area (Å²) in [6, 6.07) is -1.32. The van der Waals surface area contributed by atoms with Gasteiger partial charge in [0.05, 0.1) is 18.6 Å². The van der Waals surface area contributed by atoms with E-state index in [1.165, 1.54) is 6.92 Å². The van der Waals surface area contributed by atoms with Crippen LogP contribution in [0, 0.1) is 0 Å². The second-order valence-corrected chi connectivity index (χ2v) is 4.33. The quantitative estimate of drug-likeness (QED) is 0.412. The Balaban J connectivity index is 4.96. The monoisotopic (exact) mass is 261 g/mol. The number of nitrogens with two attached hydrogens (primary N) is 2. The van der Waals surface area contributed by atoms with Crippen molar-refractivity contribution in [3.63, 3.8) is 0 Å². The third-order valence-corrected chi connectivity index (χ3v) is 2.43. The fraction of sp³-hybridized carbons (Fsp3) is 0.727. The average molecular weight is 261 g/mol. The molecule has 0 rings (SSSR count). The third-order valence-electron chi connectivity index (χ3n) is 2.43. The van der Waals surface area contributed by atoms with Crippen LogP contribution in [0.3, 0.4) is 0 Å². The van der Waals surface area contributed by atoms with E-state index in [0.29, 0.717) is 0 Å². The molecule has 0 amide bonds. The van der Waals surface area contributed by atoms with Crippen LogP contribution in [0.15, 0.2) is 0 Å².